The van der Waals surface area contributed by atoms with E-state index in [9.17, 15) is 0 Å². The molecule has 1 N–H and O–H groups in total. The minimum absolute atomic E-state index is 0.798. The van der Waals surface area contributed by atoms with Crippen molar-refractivity contribution in [2.24, 2.45) is 0 Å². The van der Waals surface area contributed by atoms with E-state index in [1.807, 2.05) is 19.1 Å². The number of benzene rings is 1. The van der Waals surface area contributed by atoms with Crippen LogP contribution in [-0.4, -0.2) is 20.4 Å². The van der Waals surface area contributed by atoms with E-state index >= 15 is 0 Å². The van der Waals surface area contributed by atoms with Crippen molar-refractivity contribution in [1.82, 2.24) is 20.4 Å². The topological polar surface area (TPSA) is 54.5 Å². The number of aromatic amines is 1. The Kier molecular flexibility index (Phi) is 2.26. The second kappa shape index (κ2) is 3.64. The summed E-state index contributed by atoms with van der Waals surface area (Å²) in [6.07, 6.45) is 0. The van der Waals surface area contributed by atoms with Crippen LogP contribution in [-0.2, 0) is 0 Å². The molecule has 4 nitrogen and oxygen atoms in total. The Bertz CT molecular complexity index is 658. The van der Waals surface area contributed by atoms with Crippen molar-refractivity contribution in [3.05, 3.63) is 27.8 Å². The lowest BCUT2D eigenvalue weighted by Gasteiger charge is -1.95. The Morgan fingerprint density at radius 3 is 2.94 bits per heavy atom. The van der Waals surface area contributed by atoms with E-state index in [1.54, 1.807) is 0 Å². The largest absolute Gasteiger partial charge is 0.282 e. The van der Waals surface area contributed by atoms with Gasteiger partial charge < -0.3 is 0 Å². The van der Waals surface area contributed by atoms with Crippen molar-refractivity contribution < 1.29 is 0 Å². The third-order valence-electron chi connectivity index (χ3n) is 2.39. The van der Waals surface area contributed by atoms with Crippen LogP contribution in [0, 0.1) is 6.92 Å². The molecule has 0 saturated heterocycles. The third-order valence-corrected chi connectivity index (χ3v) is 3.80. The zero-order valence-corrected chi connectivity index (χ0v) is 10.8. The highest BCUT2D eigenvalue weighted by Gasteiger charge is 2.07. The van der Waals surface area contributed by atoms with Crippen molar-refractivity contribution >= 4 is 38.2 Å². The molecule has 3 rings (SSSR count). The average Bonchev–Trinajstić information content (AvgIpc) is 2.86. The summed E-state index contributed by atoms with van der Waals surface area (Å²) < 4.78 is 0.798. The van der Waals surface area contributed by atoms with Gasteiger partial charge in [-0.15, -0.1) is 10.2 Å². The maximum absolute atomic E-state index is 4.19. The highest BCUT2D eigenvalue weighted by molar-refractivity contribution is 9.11. The zero-order valence-electron chi connectivity index (χ0n) is 8.36. The molecule has 3 aromatic rings. The molecule has 2 heterocycles. The first-order valence-electron chi connectivity index (χ1n) is 4.68. The van der Waals surface area contributed by atoms with Gasteiger partial charge in [0.2, 0.25) is 0 Å². The Hall–Kier alpha value is -1.27. The number of rotatable bonds is 1. The summed E-state index contributed by atoms with van der Waals surface area (Å²) in [5.74, 6) is 0. The van der Waals surface area contributed by atoms with Crippen LogP contribution in [0.2, 0.25) is 0 Å². The van der Waals surface area contributed by atoms with E-state index in [0.29, 0.717) is 0 Å². The molecule has 6 heteroatoms. The predicted molar refractivity (Wildman–Crippen MR) is 67.4 cm³/mol. The highest BCUT2D eigenvalue weighted by Crippen LogP contribution is 2.29. The van der Waals surface area contributed by atoms with Crippen LogP contribution in [0.1, 0.15) is 5.69 Å². The van der Waals surface area contributed by atoms with Gasteiger partial charge in [0.25, 0.3) is 0 Å². The molecule has 0 fully saturated rings. The second-order valence-electron chi connectivity index (χ2n) is 3.44. The molecule has 0 aliphatic rings. The van der Waals surface area contributed by atoms with Crippen molar-refractivity contribution in [2.75, 3.05) is 0 Å². The molecular formula is C10H7BrN4S. The molecule has 16 heavy (non-hydrogen) atoms. The third kappa shape index (κ3) is 1.54. The van der Waals surface area contributed by atoms with Crippen molar-refractivity contribution in [3.8, 4) is 10.6 Å². The van der Waals surface area contributed by atoms with Crippen molar-refractivity contribution in [3.63, 3.8) is 0 Å². The van der Waals surface area contributed by atoms with Crippen LogP contribution in [0.25, 0.3) is 21.5 Å². The number of nitrogens with zero attached hydrogens (tertiary/aromatic N) is 3. The van der Waals surface area contributed by atoms with Gasteiger partial charge in [0.05, 0.1) is 5.52 Å². The van der Waals surface area contributed by atoms with Gasteiger partial charge in [-0.25, -0.2) is 0 Å². The number of nitrogens with one attached hydrogen (secondary N) is 1. The monoisotopic (exact) mass is 294 g/mol. The number of H-pyrrole nitrogens is 1. The molecule has 0 amide bonds. The molecule has 0 saturated carbocycles. The van der Waals surface area contributed by atoms with Gasteiger partial charge in [-0.05, 0) is 41.1 Å². The average molecular weight is 295 g/mol. The Morgan fingerprint density at radius 1 is 1.31 bits per heavy atom. The SMILES string of the molecule is Cc1[nH]nc2ccc(-c3nnc(Br)s3)cc12. The molecule has 2 aromatic heterocycles. The second-order valence-corrected chi connectivity index (χ2v) is 5.69. The Morgan fingerprint density at radius 2 is 2.19 bits per heavy atom. The fourth-order valence-electron chi connectivity index (χ4n) is 1.59. The summed E-state index contributed by atoms with van der Waals surface area (Å²) in [6, 6.07) is 6.08. The lowest BCUT2D eigenvalue weighted by molar-refractivity contribution is 1.07. The maximum Gasteiger partial charge on any atom is 0.183 e. The van der Waals surface area contributed by atoms with Crippen LogP contribution in [0.3, 0.4) is 0 Å². The molecule has 0 unspecified atom stereocenters. The van der Waals surface area contributed by atoms with Gasteiger partial charge in [-0.1, -0.05) is 11.3 Å². The van der Waals surface area contributed by atoms with E-state index in [0.717, 1.165) is 31.1 Å². The number of hydrogen-bond donors (Lipinski definition) is 1. The smallest absolute Gasteiger partial charge is 0.183 e. The van der Waals surface area contributed by atoms with Gasteiger partial charge in [0.15, 0.2) is 3.92 Å². The van der Waals surface area contributed by atoms with Crippen LogP contribution < -0.4 is 0 Å². The normalized spacial score (nSPS) is 11.1. The molecule has 0 aliphatic carbocycles. The molecule has 0 atom stereocenters. The van der Waals surface area contributed by atoms with E-state index in [-0.39, 0.29) is 0 Å². The number of aryl methyl sites for hydroxylation is 1. The quantitative estimate of drug-likeness (QED) is 0.750. The summed E-state index contributed by atoms with van der Waals surface area (Å²) in [5.41, 5.74) is 3.12. The molecule has 0 bridgehead atoms. The van der Waals surface area contributed by atoms with Crippen LogP contribution in [0.15, 0.2) is 22.1 Å². The summed E-state index contributed by atoms with van der Waals surface area (Å²) in [4.78, 5) is 0. The molecule has 80 valence electrons. The first-order valence-corrected chi connectivity index (χ1v) is 6.29. The zero-order chi connectivity index (χ0) is 11.1. The maximum atomic E-state index is 4.19. The van der Waals surface area contributed by atoms with Gasteiger partial charge in [-0.3, -0.25) is 5.10 Å². The first kappa shape index (κ1) is 9.92. The Balaban J connectivity index is 2.21. The van der Waals surface area contributed by atoms with Crippen LogP contribution >= 0.6 is 27.3 Å². The van der Waals surface area contributed by atoms with Gasteiger partial charge in [-0.2, -0.15) is 5.10 Å². The number of hydrogen-bond acceptors (Lipinski definition) is 4. The molecule has 0 aliphatic heterocycles. The van der Waals surface area contributed by atoms with Gasteiger partial charge in [0.1, 0.15) is 5.01 Å². The fraction of sp³-hybridized carbons (Fsp3) is 0.100. The number of fused-ring (bicyclic) bond motifs is 1. The fourth-order valence-corrected chi connectivity index (χ4v) is 2.70. The molecule has 0 spiro atoms. The van der Waals surface area contributed by atoms with E-state index < -0.39 is 0 Å². The summed E-state index contributed by atoms with van der Waals surface area (Å²) in [5, 5.41) is 17.2. The minimum Gasteiger partial charge on any atom is -0.282 e. The minimum atomic E-state index is 0.798. The highest BCUT2D eigenvalue weighted by atomic mass is 79.9. The standard InChI is InChI=1S/C10H7BrN4S/c1-5-7-4-6(2-3-8(7)13-12-5)9-14-15-10(11)16-9/h2-4H,1H3,(H,12,13). The van der Waals surface area contributed by atoms with Crippen molar-refractivity contribution in [1.29, 1.82) is 0 Å². The van der Waals surface area contributed by atoms with E-state index in [2.05, 4.69) is 42.4 Å². The number of halogens is 1. The van der Waals surface area contributed by atoms with Crippen molar-refractivity contribution in [2.45, 2.75) is 6.92 Å². The number of aromatic nitrogens is 4. The van der Waals surface area contributed by atoms with Crippen LogP contribution in [0.4, 0.5) is 0 Å². The van der Waals surface area contributed by atoms with E-state index in [1.165, 1.54) is 11.3 Å². The summed E-state index contributed by atoms with van der Waals surface area (Å²) in [6.45, 7) is 2.01. The molecular weight excluding hydrogens is 288 g/mol. The van der Waals surface area contributed by atoms with E-state index in [4.69, 9.17) is 0 Å². The lowest BCUT2D eigenvalue weighted by Crippen LogP contribution is -1.77. The predicted octanol–water partition coefficient (Wildman–Crippen LogP) is 3.15. The summed E-state index contributed by atoms with van der Waals surface area (Å²) >= 11 is 4.83. The Labute approximate surface area is 104 Å². The molecule has 1 aromatic carbocycles. The van der Waals surface area contributed by atoms with Crippen LogP contribution in [0.5, 0.6) is 0 Å². The van der Waals surface area contributed by atoms with Gasteiger partial charge >= 0.3 is 0 Å². The molecule has 0 radical (unpaired) electrons. The lowest BCUT2D eigenvalue weighted by atomic mass is 10.1. The van der Waals surface area contributed by atoms with Gasteiger partial charge in [0, 0.05) is 16.6 Å². The first-order chi connectivity index (χ1) is 7.74. The summed E-state index contributed by atoms with van der Waals surface area (Å²) in [7, 11) is 0.